The van der Waals surface area contributed by atoms with Crippen molar-refractivity contribution in [2.75, 3.05) is 0 Å². The Kier molecular flexibility index (Phi) is 32.2. The maximum atomic E-state index is 2.70. The van der Waals surface area contributed by atoms with Crippen molar-refractivity contribution in [1.82, 2.24) is 0 Å². The summed E-state index contributed by atoms with van der Waals surface area (Å²) in [7, 11) is 0. The van der Waals surface area contributed by atoms with Crippen molar-refractivity contribution < 1.29 is 0 Å². The van der Waals surface area contributed by atoms with Crippen molar-refractivity contribution in [2.45, 2.75) is 314 Å². The zero-order valence-electron chi connectivity index (χ0n) is 47.1. The van der Waals surface area contributed by atoms with Crippen LogP contribution >= 0.6 is 45.3 Å². The number of hydrogen-bond donors (Lipinski definition) is 0. The van der Waals surface area contributed by atoms with Crippen LogP contribution in [0.1, 0.15) is 283 Å². The molecule has 0 N–H and O–H groups in total. The number of rotatable bonds is 44. The molecule has 0 aliphatic rings. The monoisotopic (exact) mass is 1220 g/mol. The van der Waals surface area contributed by atoms with Gasteiger partial charge in [0.25, 0.3) is 0 Å². The standard InChI is InChI=1S/C56H94S4.6CH3.2Sn/c1-5-9-13-17-21-23-27-31-39-47(37-29-25-19-15-11-7-3)41-33-35-43-49-45-57-53-51(49)59-56-54-52(60-55(53)56)50(46-58-54)44-36-34-42-48(38-30-26-20-16-12-8-4)40-32-28-24-22-18-14-10-6-2;;;;;;;;/h47-48H,5-44H2,1-4H3;6*1H3;;. The molecule has 4 aromatic rings. The fraction of sp³-hybridized carbons (Fsp3) is 0.839. The number of unbranched alkanes of at least 4 members (excludes halogenated alkanes) is 26. The predicted molar refractivity (Wildman–Crippen MR) is 329 cm³/mol. The zero-order chi connectivity index (χ0) is 49.0. The molecule has 4 aromatic heterocycles. The van der Waals surface area contributed by atoms with Crippen LogP contribution in [0.3, 0.4) is 0 Å². The molecule has 0 spiro atoms. The van der Waals surface area contributed by atoms with E-state index in [1.165, 1.54) is 257 Å². The molecule has 0 bridgehead atoms. The molecule has 6 heteroatoms. The normalized spacial score (nSPS) is 13.6. The molecule has 2 atom stereocenters. The van der Waals surface area contributed by atoms with Crippen molar-refractivity contribution in [1.29, 1.82) is 0 Å². The second-order valence-electron chi connectivity index (χ2n) is 24.4. The molecule has 4 heterocycles. The molecule has 0 aliphatic carbocycles. The second-order valence-corrected chi connectivity index (χ2v) is 59.1. The first-order valence-electron chi connectivity index (χ1n) is 30.4. The third-order valence-electron chi connectivity index (χ3n) is 15.7. The molecule has 0 fully saturated rings. The van der Waals surface area contributed by atoms with Crippen molar-refractivity contribution >= 4 is 116 Å². The Labute approximate surface area is 448 Å². The first kappa shape index (κ1) is 61.7. The SMILES string of the molecule is CCCCCCCCCCC(CCCCCCCC)CCCCc1[c]([Sn]([CH3])([CH3])[CH3])sc2c1sc1c3s[c]([Sn]([CH3])([CH3])[CH3])c(CCCCC(CCCCCCCC)CCCCCCCCCC)c3sc21. The summed E-state index contributed by atoms with van der Waals surface area (Å²) in [6.07, 6.45) is 57.8. The van der Waals surface area contributed by atoms with Gasteiger partial charge in [-0.15, -0.1) is 0 Å². The molecule has 0 radical (unpaired) electrons. The van der Waals surface area contributed by atoms with Crippen molar-refractivity contribution in [3.63, 3.8) is 0 Å². The predicted octanol–water partition coefficient (Wildman–Crippen LogP) is 23.7. The van der Waals surface area contributed by atoms with Gasteiger partial charge in [-0.3, -0.25) is 0 Å². The van der Waals surface area contributed by atoms with Gasteiger partial charge < -0.3 is 0 Å². The molecular formula is C62H112S4Sn2. The third kappa shape index (κ3) is 22.2. The van der Waals surface area contributed by atoms with Crippen LogP contribution in [0.4, 0.5) is 0 Å². The van der Waals surface area contributed by atoms with Crippen LogP contribution < -0.4 is 5.79 Å². The van der Waals surface area contributed by atoms with Gasteiger partial charge >= 0.3 is 348 Å². The number of fused-ring (bicyclic) bond motifs is 5. The Hall–Kier alpha value is 1.18. The fourth-order valence-corrected chi connectivity index (χ4v) is 32.0. The van der Waals surface area contributed by atoms with Crippen LogP contribution in [0, 0.1) is 11.8 Å². The van der Waals surface area contributed by atoms with Crippen molar-refractivity contribution in [3.05, 3.63) is 11.1 Å². The summed E-state index contributed by atoms with van der Waals surface area (Å²) in [5.74, 6) is 1.93. The van der Waals surface area contributed by atoms with E-state index < -0.39 is 36.8 Å². The van der Waals surface area contributed by atoms with E-state index in [1.807, 2.05) is 16.9 Å². The van der Waals surface area contributed by atoms with Gasteiger partial charge in [-0.1, -0.05) is 105 Å². The van der Waals surface area contributed by atoms with Gasteiger partial charge in [0.2, 0.25) is 0 Å². The van der Waals surface area contributed by atoms with Gasteiger partial charge in [0.1, 0.15) is 0 Å². The molecule has 0 aromatic carbocycles. The van der Waals surface area contributed by atoms with E-state index in [9.17, 15) is 0 Å². The Morgan fingerprint density at radius 2 is 0.485 bits per heavy atom. The van der Waals surface area contributed by atoms with E-state index in [-0.39, 0.29) is 0 Å². The molecule has 0 amide bonds. The van der Waals surface area contributed by atoms with E-state index in [0.29, 0.717) is 0 Å². The minimum atomic E-state index is -2.31. The molecule has 0 nitrogen and oxygen atoms in total. The second kappa shape index (κ2) is 35.4. The van der Waals surface area contributed by atoms with Gasteiger partial charge in [-0.25, -0.2) is 0 Å². The summed E-state index contributed by atoms with van der Waals surface area (Å²) in [4.78, 5) is 16.2. The molecule has 0 saturated heterocycles. The Balaban J connectivity index is 1.42. The van der Waals surface area contributed by atoms with Gasteiger partial charge in [-0.05, 0) is 0 Å². The zero-order valence-corrected chi connectivity index (χ0v) is 56.0. The average molecular weight is 1220 g/mol. The van der Waals surface area contributed by atoms with Gasteiger partial charge in [-0.2, -0.15) is 0 Å². The third-order valence-corrected chi connectivity index (χ3v) is 40.5. The van der Waals surface area contributed by atoms with Crippen molar-refractivity contribution in [2.24, 2.45) is 11.8 Å². The maximum absolute atomic E-state index is 2.70. The van der Waals surface area contributed by atoms with Crippen LogP contribution in [0.2, 0.25) is 29.6 Å². The fourth-order valence-electron chi connectivity index (χ4n) is 11.6. The molecule has 0 aliphatic heterocycles. The first-order chi connectivity index (χ1) is 32.9. The van der Waals surface area contributed by atoms with E-state index in [4.69, 9.17) is 0 Å². The number of hydrogen-bond acceptors (Lipinski definition) is 4. The summed E-state index contributed by atoms with van der Waals surface area (Å²) in [6, 6.07) is 0. The molecule has 0 saturated carbocycles. The van der Waals surface area contributed by atoms with Gasteiger partial charge in [0.05, 0.1) is 0 Å². The molecule has 2 unspecified atom stereocenters. The minimum absolute atomic E-state index is 0.965. The Morgan fingerprint density at radius 1 is 0.265 bits per heavy atom. The summed E-state index contributed by atoms with van der Waals surface area (Å²) in [6.45, 7) is 9.38. The van der Waals surface area contributed by atoms with Crippen LogP contribution in [0.15, 0.2) is 0 Å². The topological polar surface area (TPSA) is 0 Å². The first-order valence-corrected chi connectivity index (χ1v) is 53.6. The van der Waals surface area contributed by atoms with E-state index >= 15 is 0 Å². The van der Waals surface area contributed by atoms with E-state index in [1.54, 1.807) is 28.2 Å². The van der Waals surface area contributed by atoms with Crippen LogP contribution in [-0.4, -0.2) is 36.8 Å². The van der Waals surface area contributed by atoms with Crippen LogP contribution in [0.25, 0.3) is 28.2 Å². The average Bonchev–Trinajstić information content (AvgIpc) is 4.05. The summed E-state index contributed by atoms with van der Waals surface area (Å²) < 4.78 is 14.0. The summed E-state index contributed by atoms with van der Waals surface area (Å²) in [5.41, 5.74) is 3.67. The van der Waals surface area contributed by atoms with Crippen LogP contribution in [-0.2, 0) is 12.8 Å². The molecular weight excluding hydrogens is 1110 g/mol. The Morgan fingerprint density at radius 3 is 0.735 bits per heavy atom. The number of thiophene rings is 4. The van der Waals surface area contributed by atoms with Gasteiger partial charge in [0, 0.05) is 0 Å². The number of aryl methyl sites for hydroxylation is 2. The molecule has 4 rings (SSSR count). The summed E-state index contributed by atoms with van der Waals surface area (Å²) in [5, 5.41) is 0. The van der Waals surface area contributed by atoms with Crippen molar-refractivity contribution in [3.8, 4) is 0 Å². The summed E-state index contributed by atoms with van der Waals surface area (Å²) >= 11 is 4.46. The van der Waals surface area contributed by atoms with E-state index in [2.05, 4.69) is 103 Å². The quantitative estimate of drug-likeness (QED) is 0.0306. The molecule has 68 heavy (non-hydrogen) atoms. The van der Waals surface area contributed by atoms with E-state index in [0.717, 1.165) is 11.8 Å². The molecule has 392 valence electrons. The van der Waals surface area contributed by atoms with Crippen LogP contribution in [0.5, 0.6) is 0 Å². The Bertz CT molecular complexity index is 1720. The van der Waals surface area contributed by atoms with Gasteiger partial charge in [0.15, 0.2) is 0 Å².